The zero-order valence-corrected chi connectivity index (χ0v) is 13.8. The minimum absolute atomic E-state index is 0.124. The summed E-state index contributed by atoms with van der Waals surface area (Å²) in [5.74, 6) is -0.331. The summed E-state index contributed by atoms with van der Waals surface area (Å²) in [6, 6.07) is 12.4. The van der Waals surface area contributed by atoms with Gasteiger partial charge in [0.15, 0.2) is 0 Å². The van der Waals surface area contributed by atoms with E-state index in [4.69, 9.17) is 0 Å². The van der Waals surface area contributed by atoms with Gasteiger partial charge in [0.2, 0.25) is 0 Å². The maximum atomic E-state index is 13.5. The second kappa shape index (κ2) is 7.77. The van der Waals surface area contributed by atoms with Crippen LogP contribution in [0, 0.1) is 12.7 Å². The second-order valence-corrected chi connectivity index (χ2v) is 5.78. The SMILES string of the molecule is CCCc1ccc([C@H](C)NC(=O)Nc2ccc(C)c(F)c2)cc1. The van der Waals surface area contributed by atoms with Crippen LogP contribution in [0.5, 0.6) is 0 Å². The van der Waals surface area contributed by atoms with Gasteiger partial charge in [0.25, 0.3) is 0 Å². The van der Waals surface area contributed by atoms with Crippen LogP contribution < -0.4 is 10.6 Å². The fourth-order valence-corrected chi connectivity index (χ4v) is 2.38. The number of urea groups is 1. The first-order valence-electron chi connectivity index (χ1n) is 7.92. The largest absolute Gasteiger partial charge is 0.331 e. The van der Waals surface area contributed by atoms with Gasteiger partial charge in [-0.3, -0.25) is 0 Å². The van der Waals surface area contributed by atoms with E-state index in [1.807, 2.05) is 19.1 Å². The summed E-state index contributed by atoms with van der Waals surface area (Å²) in [4.78, 5) is 12.0. The molecule has 2 aromatic carbocycles. The minimum atomic E-state index is -0.349. The molecule has 0 radical (unpaired) electrons. The van der Waals surface area contributed by atoms with Gasteiger partial charge in [0.1, 0.15) is 5.82 Å². The Morgan fingerprint density at radius 2 is 1.87 bits per heavy atom. The molecule has 3 nitrogen and oxygen atoms in total. The lowest BCUT2D eigenvalue weighted by molar-refractivity contribution is 0.249. The molecule has 4 heteroatoms. The number of anilines is 1. The number of benzene rings is 2. The lowest BCUT2D eigenvalue weighted by Gasteiger charge is -2.16. The molecule has 0 aromatic heterocycles. The number of carbonyl (C=O) groups excluding carboxylic acids is 1. The average Bonchev–Trinajstić information content (AvgIpc) is 2.52. The van der Waals surface area contributed by atoms with Crippen LogP contribution in [-0.2, 0) is 6.42 Å². The third-order valence-electron chi connectivity index (χ3n) is 3.80. The van der Waals surface area contributed by atoms with E-state index in [1.54, 1.807) is 19.1 Å². The van der Waals surface area contributed by atoms with Gasteiger partial charge in [-0.15, -0.1) is 0 Å². The third kappa shape index (κ3) is 4.81. The number of carbonyl (C=O) groups is 1. The zero-order chi connectivity index (χ0) is 16.8. The Balaban J connectivity index is 1.94. The van der Waals surface area contributed by atoms with Crippen LogP contribution in [0.15, 0.2) is 42.5 Å². The minimum Gasteiger partial charge on any atom is -0.331 e. The standard InChI is InChI=1S/C19H23FN2O/c1-4-5-15-7-9-16(10-8-15)14(3)21-19(23)22-17-11-6-13(2)18(20)12-17/h6-12,14H,4-5H2,1-3H3,(H2,21,22,23)/t14-/m0/s1. The Morgan fingerprint density at radius 1 is 1.17 bits per heavy atom. The van der Waals surface area contributed by atoms with Crippen LogP contribution in [0.1, 0.15) is 43.0 Å². The maximum Gasteiger partial charge on any atom is 0.319 e. The van der Waals surface area contributed by atoms with Crippen LogP contribution in [0.3, 0.4) is 0 Å². The summed E-state index contributed by atoms with van der Waals surface area (Å²) in [6.07, 6.45) is 2.17. The van der Waals surface area contributed by atoms with Crippen LogP contribution in [0.2, 0.25) is 0 Å². The van der Waals surface area contributed by atoms with Crippen molar-refractivity contribution in [2.24, 2.45) is 0 Å². The number of rotatable bonds is 5. The number of aryl methyl sites for hydroxylation is 2. The molecule has 0 saturated heterocycles. The van der Waals surface area contributed by atoms with Crippen molar-refractivity contribution in [1.82, 2.24) is 5.32 Å². The molecule has 23 heavy (non-hydrogen) atoms. The van der Waals surface area contributed by atoms with E-state index >= 15 is 0 Å². The van der Waals surface area contributed by atoms with Crippen molar-refractivity contribution in [1.29, 1.82) is 0 Å². The van der Waals surface area contributed by atoms with Crippen LogP contribution in [-0.4, -0.2) is 6.03 Å². The van der Waals surface area contributed by atoms with Gasteiger partial charge in [-0.2, -0.15) is 0 Å². The third-order valence-corrected chi connectivity index (χ3v) is 3.80. The lowest BCUT2D eigenvalue weighted by atomic mass is 10.0. The van der Waals surface area contributed by atoms with Crippen LogP contribution in [0.25, 0.3) is 0 Å². The molecule has 2 amide bonds. The molecule has 122 valence electrons. The number of hydrogen-bond donors (Lipinski definition) is 2. The van der Waals surface area contributed by atoms with E-state index in [0.717, 1.165) is 18.4 Å². The molecule has 0 saturated carbocycles. The van der Waals surface area contributed by atoms with Crippen molar-refractivity contribution in [3.8, 4) is 0 Å². The van der Waals surface area contributed by atoms with Gasteiger partial charge >= 0.3 is 6.03 Å². The van der Waals surface area contributed by atoms with Crippen molar-refractivity contribution in [2.75, 3.05) is 5.32 Å². The predicted octanol–water partition coefficient (Wildman–Crippen LogP) is 4.97. The van der Waals surface area contributed by atoms with Gasteiger partial charge in [0.05, 0.1) is 6.04 Å². The molecular weight excluding hydrogens is 291 g/mol. The smallest absolute Gasteiger partial charge is 0.319 e. The molecule has 0 aliphatic heterocycles. The highest BCUT2D eigenvalue weighted by atomic mass is 19.1. The summed E-state index contributed by atoms with van der Waals surface area (Å²) in [6.45, 7) is 5.75. The van der Waals surface area contributed by atoms with Gasteiger partial charge in [-0.25, -0.2) is 9.18 Å². The number of nitrogens with one attached hydrogen (secondary N) is 2. The highest BCUT2D eigenvalue weighted by Crippen LogP contribution is 2.16. The molecule has 0 aliphatic rings. The van der Waals surface area contributed by atoms with E-state index in [-0.39, 0.29) is 17.9 Å². The first kappa shape index (κ1) is 17.0. The second-order valence-electron chi connectivity index (χ2n) is 5.78. The molecule has 0 aliphatic carbocycles. The van der Waals surface area contributed by atoms with Gasteiger partial charge in [-0.05, 0) is 49.1 Å². The highest BCUT2D eigenvalue weighted by molar-refractivity contribution is 5.89. The summed E-state index contributed by atoms with van der Waals surface area (Å²) < 4.78 is 13.5. The first-order valence-corrected chi connectivity index (χ1v) is 7.92. The monoisotopic (exact) mass is 314 g/mol. The highest BCUT2D eigenvalue weighted by Gasteiger charge is 2.10. The quantitative estimate of drug-likeness (QED) is 0.804. The van der Waals surface area contributed by atoms with E-state index in [0.29, 0.717) is 11.3 Å². The summed E-state index contributed by atoms with van der Waals surface area (Å²) >= 11 is 0. The van der Waals surface area contributed by atoms with Crippen molar-refractivity contribution in [3.63, 3.8) is 0 Å². The molecule has 2 N–H and O–H groups in total. The topological polar surface area (TPSA) is 41.1 Å². The fourth-order valence-electron chi connectivity index (χ4n) is 2.38. The Kier molecular flexibility index (Phi) is 5.74. The van der Waals surface area contributed by atoms with Crippen molar-refractivity contribution in [2.45, 2.75) is 39.7 Å². The van der Waals surface area contributed by atoms with E-state index in [1.165, 1.54) is 11.6 Å². The Labute approximate surface area is 136 Å². The fraction of sp³-hybridized carbons (Fsp3) is 0.316. The lowest BCUT2D eigenvalue weighted by Crippen LogP contribution is -2.31. The van der Waals surface area contributed by atoms with Crippen LogP contribution in [0.4, 0.5) is 14.9 Å². The molecule has 0 spiro atoms. The van der Waals surface area contributed by atoms with E-state index < -0.39 is 0 Å². The van der Waals surface area contributed by atoms with Gasteiger partial charge < -0.3 is 10.6 Å². The van der Waals surface area contributed by atoms with Crippen molar-refractivity contribution >= 4 is 11.7 Å². The molecule has 1 atom stereocenters. The number of hydrogen-bond acceptors (Lipinski definition) is 1. The molecule has 2 rings (SSSR count). The summed E-state index contributed by atoms with van der Waals surface area (Å²) in [5, 5.41) is 5.51. The van der Waals surface area contributed by atoms with Gasteiger partial charge in [-0.1, -0.05) is 43.7 Å². The molecule has 0 heterocycles. The first-order chi connectivity index (χ1) is 11.0. The van der Waals surface area contributed by atoms with E-state index in [2.05, 4.69) is 29.7 Å². The number of halogens is 1. The predicted molar refractivity (Wildman–Crippen MR) is 92.1 cm³/mol. The Morgan fingerprint density at radius 3 is 2.48 bits per heavy atom. The molecule has 0 unspecified atom stereocenters. The Hall–Kier alpha value is -2.36. The normalized spacial score (nSPS) is 11.8. The summed E-state index contributed by atoms with van der Waals surface area (Å²) in [7, 11) is 0. The molecule has 0 bridgehead atoms. The number of amides is 2. The Bertz CT molecular complexity index is 668. The van der Waals surface area contributed by atoms with Gasteiger partial charge in [0, 0.05) is 5.69 Å². The maximum absolute atomic E-state index is 13.5. The average molecular weight is 314 g/mol. The molecule has 0 fully saturated rings. The molecular formula is C19H23FN2O. The van der Waals surface area contributed by atoms with Crippen LogP contribution >= 0.6 is 0 Å². The van der Waals surface area contributed by atoms with E-state index in [9.17, 15) is 9.18 Å². The zero-order valence-electron chi connectivity index (χ0n) is 13.8. The molecule has 2 aromatic rings. The van der Waals surface area contributed by atoms with Crippen molar-refractivity contribution < 1.29 is 9.18 Å². The van der Waals surface area contributed by atoms with Crippen molar-refractivity contribution in [3.05, 3.63) is 65.0 Å². The summed E-state index contributed by atoms with van der Waals surface area (Å²) in [5.41, 5.74) is 3.32.